The zero-order valence-corrected chi connectivity index (χ0v) is 7.54. The quantitative estimate of drug-likeness (QED) is 0.536. The SMILES string of the molecule is CCC(O)C(O)CNC(C)C. The predicted molar refractivity (Wildman–Crippen MR) is 45.4 cm³/mol. The van der Waals surface area contributed by atoms with E-state index >= 15 is 0 Å². The van der Waals surface area contributed by atoms with E-state index in [1.54, 1.807) is 0 Å². The molecule has 0 aliphatic heterocycles. The zero-order chi connectivity index (χ0) is 8.85. The Morgan fingerprint density at radius 2 is 1.73 bits per heavy atom. The van der Waals surface area contributed by atoms with Crippen LogP contribution in [0.15, 0.2) is 0 Å². The van der Waals surface area contributed by atoms with Crippen molar-refractivity contribution >= 4 is 0 Å². The Balaban J connectivity index is 3.43. The van der Waals surface area contributed by atoms with Gasteiger partial charge in [0, 0.05) is 12.6 Å². The lowest BCUT2D eigenvalue weighted by Gasteiger charge is -2.17. The largest absolute Gasteiger partial charge is 0.390 e. The summed E-state index contributed by atoms with van der Waals surface area (Å²) in [7, 11) is 0. The Hall–Kier alpha value is -0.120. The topological polar surface area (TPSA) is 52.5 Å². The fourth-order valence-corrected chi connectivity index (χ4v) is 0.765. The van der Waals surface area contributed by atoms with Crippen LogP contribution >= 0.6 is 0 Å². The van der Waals surface area contributed by atoms with Crippen molar-refractivity contribution in [1.29, 1.82) is 0 Å². The average Bonchev–Trinajstić information content (AvgIpc) is 1.98. The molecule has 0 spiro atoms. The summed E-state index contributed by atoms with van der Waals surface area (Å²) >= 11 is 0. The second-order valence-corrected chi connectivity index (χ2v) is 3.11. The van der Waals surface area contributed by atoms with Crippen molar-refractivity contribution in [3.05, 3.63) is 0 Å². The Kier molecular flexibility index (Phi) is 5.46. The molecule has 0 aromatic carbocycles. The maximum Gasteiger partial charge on any atom is 0.0923 e. The molecule has 0 aromatic heterocycles. The third-order valence-corrected chi connectivity index (χ3v) is 1.60. The van der Waals surface area contributed by atoms with Crippen molar-refractivity contribution in [3.8, 4) is 0 Å². The van der Waals surface area contributed by atoms with Crippen LogP contribution in [0.5, 0.6) is 0 Å². The average molecular weight is 161 g/mol. The summed E-state index contributed by atoms with van der Waals surface area (Å²) in [6, 6.07) is 0.355. The van der Waals surface area contributed by atoms with E-state index < -0.39 is 12.2 Å². The van der Waals surface area contributed by atoms with Crippen LogP contribution in [0, 0.1) is 0 Å². The Morgan fingerprint density at radius 3 is 2.09 bits per heavy atom. The highest BCUT2D eigenvalue weighted by Gasteiger charge is 2.13. The summed E-state index contributed by atoms with van der Waals surface area (Å²) in [6.45, 7) is 6.33. The molecule has 2 atom stereocenters. The van der Waals surface area contributed by atoms with Gasteiger partial charge in [-0.15, -0.1) is 0 Å². The van der Waals surface area contributed by atoms with Gasteiger partial charge in [0.25, 0.3) is 0 Å². The molecular weight excluding hydrogens is 142 g/mol. The summed E-state index contributed by atoms with van der Waals surface area (Å²) in [4.78, 5) is 0. The van der Waals surface area contributed by atoms with Gasteiger partial charge in [-0.2, -0.15) is 0 Å². The Labute approximate surface area is 68.4 Å². The van der Waals surface area contributed by atoms with E-state index in [4.69, 9.17) is 5.11 Å². The molecule has 0 aliphatic carbocycles. The number of rotatable bonds is 5. The summed E-state index contributed by atoms with van der Waals surface area (Å²) in [5.41, 5.74) is 0. The monoisotopic (exact) mass is 161 g/mol. The van der Waals surface area contributed by atoms with Crippen LogP contribution in [0.25, 0.3) is 0 Å². The van der Waals surface area contributed by atoms with E-state index in [-0.39, 0.29) is 0 Å². The highest BCUT2D eigenvalue weighted by Crippen LogP contribution is 1.96. The predicted octanol–water partition coefficient (Wildman–Crippen LogP) is 0.116. The summed E-state index contributed by atoms with van der Waals surface area (Å²) in [6.07, 6.45) is -0.635. The van der Waals surface area contributed by atoms with Crippen LogP contribution in [0.1, 0.15) is 27.2 Å². The van der Waals surface area contributed by atoms with E-state index in [2.05, 4.69) is 5.32 Å². The lowest BCUT2D eigenvalue weighted by Crippen LogP contribution is -2.38. The highest BCUT2D eigenvalue weighted by molar-refractivity contribution is 4.68. The Morgan fingerprint density at radius 1 is 1.18 bits per heavy atom. The molecule has 3 heteroatoms. The van der Waals surface area contributed by atoms with Crippen LogP contribution in [0.2, 0.25) is 0 Å². The van der Waals surface area contributed by atoms with Gasteiger partial charge in [0.15, 0.2) is 0 Å². The van der Waals surface area contributed by atoms with Crippen molar-refractivity contribution in [2.75, 3.05) is 6.54 Å². The lowest BCUT2D eigenvalue weighted by molar-refractivity contribution is 0.0173. The van der Waals surface area contributed by atoms with Gasteiger partial charge in [-0.05, 0) is 6.42 Å². The second-order valence-electron chi connectivity index (χ2n) is 3.11. The fraction of sp³-hybridized carbons (Fsp3) is 1.00. The minimum absolute atomic E-state index is 0.355. The molecule has 0 rings (SSSR count). The van der Waals surface area contributed by atoms with Gasteiger partial charge in [-0.25, -0.2) is 0 Å². The third-order valence-electron chi connectivity index (χ3n) is 1.60. The van der Waals surface area contributed by atoms with Crippen LogP contribution in [-0.4, -0.2) is 35.0 Å². The van der Waals surface area contributed by atoms with Crippen molar-refractivity contribution in [1.82, 2.24) is 5.32 Å². The first-order valence-corrected chi connectivity index (χ1v) is 4.17. The molecule has 3 N–H and O–H groups in total. The highest BCUT2D eigenvalue weighted by atomic mass is 16.3. The maximum atomic E-state index is 9.25. The van der Waals surface area contributed by atoms with E-state index in [0.717, 1.165) is 0 Å². The molecule has 0 heterocycles. The van der Waals surface area contributed by atoms with E-state index in [1.807, 2.05) is 20.8 Å². The standard InChI is InChI=1S/C8H19NO2/c1-4-7(10)8(11)5-9-6(2)3/h6-11H,4-5H2,1-3H3. The second kappa shape index (κ2) is 5.52. The fourth-order valence-electron chi connectivity index (χ4n) is 0.765. The number of hydrogen-bond acceptors (Lipinski definition) is 3. The molecule has 68 valence electrons. The first-order valence-electron chi connectivity index (χ1n) is 4.17. The lowest BCUT2D eigenvalue weighted by atomic mass is 10.1. The summed E-state index contributed by atoms with van der Waals surface area (Å²) in [5.74, 6) is 0. The smallest absolute Gasteiger partial charge is 0.0923 e. The summed E-state index contributed by atoms with van der Waals surface area (Å²) in [5, 5.41) is 21.5. The molecule has 2 unspecified atom stereocenters. The molecule has 0 saturated heterocycles. The van der Waals surface area contributed by atoms with Gasteiger partial charge in [0.05, 0.1) is 12.2 Å². The zero-order valence-electron chi connectivity index (χ0n) is 7.54. The van der Waals surface area contributed by atoms with E-state index in [9.17, 15) is 5.11 Å². The van der Waals surface area contributed by atoms with E-state index in [1.165, 1.54) is 0 Å². The molecular formula is C8H19NO2. The minimum Gasteiger partial charge on any atom is -0.390 e. The normalized spacial score (nSPS) is 16.9. The number of aliphatic hydroxyl groups is 2. The molecule has 11 heavy (non-hydrogen) atoms. The minimum atomic E-state index is -0.637. The first-order chi connectivity index (χ1) is 5.07. The third kappa shape index (κ3) is 5.18. The van der Waals surface area contributed by atoms with Gasteiger partial charge in [-0.3, -0.25) is 0 Å². The molecule has 0 radical (unpaired) electrons. The van der Waals surface area contributed by atoms with Crippen molar-refractivity contribution < 1.29 is 10.2 Å². The van der Waals surface area contributed by atoms with Gasteiger partial charge < -0.3 is 15.5 Å². The van der Waals surface area contributed by atoms with Crippen LogP contribution < -0.4 is 5.32 Å². The van der Waals surface area contributed by atoms with Gasteiger partial charge in [0.1, 0.15) is 0 Å². The first kappa shape index (κ1) is 10.9. The number of nitrogens with one attached hydrogen (secondary N) is 1. The maximum absolute atomic E-state index is 9.25. The van der Waals surface area contributed by atoms with Crippen molar-refractivity contribution in [2.24, 2.45) is 0 Å². The number of hydrogen-bond donors (Lipinski definition) is 3. The van der Waals surface area contributed by atoms with E-state index in [0.29, 0.717) is 19.0 Å². The Bertz CT molecular complexity index is 96.1. The molecule has 0 saturated carbocycles. The van der Waals surface area contributed by atoms with Crippen molar-refractivity contribution in [3.63, 3.8) is 0 Å². The molecule has 0 fully saturated rings. The molecule has 3 nitrogen and oxygen atoms in total. The molecule has 0 bridgehead atoms. The number of aliphatic hydroxyl groups excluding tert-OH is 2. The molecule has 0 aromatic rings. The molecule has 0 aliphatic rings. The van der Waals surface area contributed by atoms with Crippen LogP contribution in [0.3, 0.4) is 0 Å². The van der Waals surface area contributed by atoms with Gasteiger partial charge in [-0.1, -0.05) is 20.8 Å². The van der Waals surface area contributed by atoms with Gasteiger partial charge in [0.2, 0.25) is 0 Å². The molecule has 0 amide bonds. The van der Waals surface area contributed by atoms with Crippen LogP contribution in [0.4, 0.5) is 0 Å². The van der Waals surface area contributed by atoms with Crippen LogP contribution in [-0.2, 0) is 0 Å². The van der Waals surface area contributed by atoms with Gasteiger partial charge >= 0.3 is 0 Å². The summed E-state index contributed by atoms with van der Waals surface area (Å²) < 4.78 is 0. The van der Waals surface area contributed by atoms with Crippen molar-refractivity contribution in [2.45, 2.75) is 45.4 Å².